The molecular weight excluding hydrogens is 264 g/mol. The zero-order chi connectivity index (χ0) is 14.4. The maximum atomic E-state index is 11.1. The second-order valence-corrected chi connectivity index (χ2v) is 5.54. The Morgan fingerprint density at radius 2 is 2.00 bits per heavy atom. The highest BCUT2D eigenvalue weighted by Crippen LogP contribution is 2.37. The smallest absolute Gasteiger partial charge is 0.278 e. The van der Waals surface area contributed by atoms with E-state index in [9.17, 15) is 10.1 Å². The highest BCUT2D eigenvalue weighted by molar-refractivity contribution is 5.89. The minimum absolute atomic E-state index is 0.181. The molecule has 0 fully saturated rings. The van der Waals surface area contributed by atoms with E-state index in [0.717, 1.165) is 23.9 Å². The average molecular weight is 278 g/mol. The van der Waals surface area contributed by atoms with Gasteiger partial charge >= 0.3 is 0 Å². The van der Waals surface area contributed by atoms with Gasteiger partial charge < -0.3 is 4.57 Å². The van der Waals surface area contributed by atoms with Gasteiger partial charge in [-0.05, 0) is 29.7 Å². The molecule has 0 radical (unpaired) electrons. The lowest BCUT2D eigenvalue weighted by Gasteiger charge is -2.30. The van der Waals surface area contributed by atoms with Crippen molar-refractivity contribution in [1.29, 1.82) is 0 Å². The molecule has 1 aliphatic carbocycles. The largest absolute Gasteiger partial charge is 0.347 e. The molecule has 21 heavy (non-hydrogen) atoms. The molecule has 0 saturated carbocycles. The van der Waals surface area contributed by atoms with Crippen molar-refractivity contribution in [2.24, 2.45) is 0 Å². The Morgan fingerprint density at radius 1 is 1.14 bits per heavy atom. The molecule has 1 unspecified atom stereocenters. The van der Waals surface area contributed by atoms with Gasteiger partial charge in [-0.2, -0.15) is 0 Å². The van der Waals surface area contributed by atoms with Crippen LogP contribution >= 0.6 is 0 Å². The summed E-state index contributed by atoms with van der Waals surface area (Å²) >= 11 is 0. The summed E-state index contributed by atoms with van der Waals surface area (Å²) in [5.41, 5.74) is 3.95. The van der Waals surface area contributed by atoms with Crippen LogP contribution in [-0.2, 0) is 13.0 Å². The summed E-state index contributed by atoms with van der Waals surface area (Å²) in [7, 11) is 0. The Bertz CT molecular complexity index is 851. The quantitative estimate of drug-likeness (QED) is 0.539. The van der Waals surface area contributed by atoms with Crippen LogP contribution in [0.1, 0.15) is 17.0 Å². The first-order valence-corrected chi connectivity index (χ1v) is 7.04. The molecule has 0 amide bonds. The summed E-state index contributed by atoms with van der Waals surface area (Å²) < 4.78 is 2.13. The first kappa shape index (κ1) is 12.1. The Labute approximate surface area is 121 Å². The van der Waals surface area contributed by atoms with E-state index >= 15 is 0 Å². The summed E-state index contributed by atoms with van der Waals surface area (Å²) in [5.74, 6) is 0.510. The highest BCUT2D eigenvalue weighted by Gasteiger charge is 2.26. The van der Waals surface area contributed by atoms with Gasteiger partial charge in [-0.25, -0.2) is 0 Å². The first-order chi connectivity index (χ1) is 10.2. The Morgan fingerprint density at radius 3 is 2.81 bits per heavy atom. The number of nitro groups is 1. The summed E-state index contributed by atoms with van der Waals surface area (Å²) in [5, 5.41) is 11.8. The third-order valence-corrected chi connectivity index (χ3v) is 4.37. The summed E-state index contributed by atoms with van der Waals surface area (Å²) in [6.07, 6.45) is 3.05. The predicted octanol–water partition coefficient (Wildman–Crippen LogP) is 3.89. The summed E-state index contributed by atoms with van der Waals surface area (Å²) in [6, 6.07) is 15.6. The second-order valence-electron chi connectivity index (χ2n) is 5.54. The molecule has 0 N–H and O–H groups in total. The van der Waals surface area contributed by atoms with Crippen molar-refractivity contribution in [1.82, 2.24) is 4.57 Å². The summed E-state index contributed by atoms with van der Waals surface area (Å²) in [4.78, 5) is 10.8. The van der Waals surface area contributed by atoms with Crippen LogP contribution < -0.4 is 0 Å². The van der Waals surface area contributed by atoms with E-state index in [4.69, 9.17) is 0 Å². The molecule has 0 spiro atoms. The number of non-ortho nitro benzene ring substituents is 1. The molecule has 4 rings (SSSR count). The third kappa shape index (κ3) is 1.83. The van der Waals surface area contributed by atoms with Crippen molar-refractivity contribution in [3.8, 4) is 0 Å². The van der Waals surface area contributed by atoms with Crippen LogP contribution in [0.15, 0.2) is 54.7 Å². The van der Waals surface area contributed by atoms with E-state index in [2.05, 4.69) is 28.8 Å². The summed E-state index contributed by atoms with van der Waals surface area (Å²) in [6.45, 7) is 0.877. The molecule has 0 bridgehead atoms. The lowest BCUT2D eigenvalue weighted by atomic mass is 9.77. The van der Waals surface area contributed by atoms with Gasteiger partial charge in [0.15, 0.2) is 0 Å². The maximum absolute atomic E-state index is 11.1. The standard InChI is InChI=1S/C17H14N2O2/c20-19(21)17-7-3-6-16-15(17)8-9-18(16)11-13-10-12-4-1-2-5-14(12)13/h1-9,13H,10-11H2. The highest BCUT2D eigenvalue weighted by atomic mass is 16.6. The molecule has 3 aromatic rings. The molecule has 0 saturated heterocycles. The van der Waals surface area contributed by atoms with Crippen LogP contribution in [0.5, 0.6) is 0 Å². The van der Waals surface area contributed by atoms with Gasteiger partial charge in [0.2, 0.25) is 0 Å². The molecule has 4 nitrogen and oxygen atoms in total. The van der Waals surface area contributed by atoms with Crippen LogP contribution in [0.2, 0.25) is 0 Å². The average Bonchev–Trinajstić information content (AvgIpc) is 2.87. The molecule has 1 aliphatic rings. The molecule has 1 aromatic heterocycles. The molecule has 2 aromatic carbocycles. The van der Waals surface area contributed by atoms with Crippen molar-refractivity contribution in [2.75, 3.05) is 0 Å². The van der Waals surface area contributed by atoms with E-state index in [1.54, 1.807) is 12.1 Å². The van der Waals surface area contributed by atoms with Gasteiger partial charge in [-0.3, -0.25) is 10.1 Å². The minimum Gasteiger partial charge on any atom is -0.347 e. The molecule has 104 valence electrons. The monoisotopic (exact) mass is 278 g/mol. The van der Waals surface area contributed by atoms with Gasteiger partial charge in [0, 0.05) is 24.7 Å². The lowest BCUT2D eigenvalue weighted by Crippen LogP contribution is -2.21. The Kier molecular flexibility index (Phi) is 2.57. The first-order valence-electron chi connectivity index (χ1n) is 7.04. The minimum atomic E-state index is -0.314. The van der Waals surface area contributed by atoms with Crippen LogP contribution in [0, 0.1) is 10.1 Å². The third-order valence-electron chi connectivity index (χ3n) is 4.37. The zero-order valence-electron chi connectivity index (χ0n) is 11.4. The number of hydrogen-bond donors (Lipinski definition) is 0. The zero-order valence-corrected chi connectivity index (χ0v) is 11.4. The molecule has 4 heteroatoms. The molecule has 1 atom stereocenters. The van der Waals surface area contributed by atoms with Gasteiger partial charge in [-0.1, -0.05) is 30.3 Å². The van der Waals surface area contributed by atoms with Crippen LogP contribution in [0.25, 0.3) is 10.9 Å². The number of rotatable bonds is 3. The fourth-order valence-electron chi connectivity index (χ4n) is 3.29. The Balaban J connectivity index is 1.70. The molecule has 1 heterocycles. The van der Waals surface area contributed by atoms with Crippen LogP contribution in [0.4, 0.5) is 5.69 Å². The predicted molar refractivity (Wildman–Crippen MR) is 81.5 cm³/mol. The van der Waals surface area contributed by atoms with E-state index in [-0.39, 0.29) is 10.6 Å². The van der Waals surface area contributed by atoms with Crippen LogP contribution in [-0.4, -0.2) is 9.49 Å². The number of aromatic nitrogens is 1. The SMILES string of the molecule is O=[N+]([O-])c1cccc2c1ccn2CC1Cc2ccccc21. The van der Waals surface area contributed by atoms with Crippen LogP contribution in [0.3, 0.4) is 0 Å². The normalized spacial score (nSPS) is 16.5. The Hall–Kier alpha value is -2.62. The van der Waals surface area contributed by atoms with Crippen molar-refractivity contribution in [3.05, 3.63) is 76.0 Å². The van der Waals surface area contributed by atoms with E-state index < -0.39 is 0 Å². The van der Waals surface area contributed by atoms with E-state index in [1.807, 2.05) is 18.3 Å². The number of nitrogens with zero attached hydrogens (tertiary/aromatic N) is 2. The molecule has 0 aliphatic heterocycles. The maximum Gasteiger partial charge on any atom is 0.278 e. The number of fused-ring (bicyclic) bond motifs is 2. The fraction of sp³-hybridized carbons (Fsp3) is 0.176. The van der Waals surface area contributed by atoms with Gasteiger partial charge in [0.05, 0.1) is 15.8 Å². The van der Waals surface area contributed by atoms with Crippen molar-refractivity contribution < 1.29 is 4.92 Å². The number of nitro benzene ring substituents is 1. The lowest BCUT2D eigenvalue weighted by molar-refractivity contribution is -0.383. The molecular formula is C17H14N2O2. The number of hydrogen-bond acceptors (Lipinski definition) is 2. The van der Waals surface area contributed by atoms with E-state index in [0.29, 0.717) is 5.92 Å². The van der Waals surface area contributed by atoms with Crippen molar-refractivity contribution >= 4 is 16.6 Å². The fourth-order valence-corrected chi connectivity index (χ4v) is 3.29. The van der Waals surface area contributed by atoms with Gasteiger partial charge in [0.25, 0.3) is 5.69 Å². The number of benzene rings is 2. The van der Waals surface area contributed by atoms with Crippen molar-refractivity contribution in [2.45, 2.75) is 18.9 Å². The van der Waals surface area contributed by atoms with Gasteiger partial charge in [0.1, 0.15) is 0 Å². The van der Waals surface area contributed by atoms with Crippen molar-refractivity contribution in [3.63, 3.8) is 0 Å². The second kappa shape index (κ2) is 4.45. The topological polar surface area (TPSA) is 48.1 Å². The van der Waals surface area contributed by atoms with Gasteiger partial charge in [-0.15, -0.1) is 0 Å². The van der Waals surface area contributed by atoms with E-state index in [1.165, 1.54) is 11.1 Å².